The van der Waals surface area contributed by atoms with Crippen LogP contribution in [0.4, 0.5) is 11.4 Å². The van der Waals surface area contributed by atoms with Crippen molar-refractivity contribution in [3.8, 4) is 17.2 Å². The van der Waals surface area contributed by atoms with Gasteiger partial charge in [-0.25, -0.2) is 4.68 Å². The minimum absolute atomic E-state index is 0.187. The third-order valence-corrected chi connectivity index (χ3v) is 5.87. The number of amides is 1. The standard InChI is InChI=1S/C27H26N4O4/c1-16-11-17(2)18(3)25(12-16)35-24-14-21(13-23(15-24)31(33)34)28-27(32)26-19(4)29-30(20(26)5)22-9-7-6-8-10-22/h6-15H,1-5H3,(H,28,32). The van der Waals surface area contributed by atoms with Gasteiger partial charge >= 0.3 is 0 Å². The number of nitro groups is 1. The van der Waals surface area contributed by atoms with E-state index in [1.165, 1.54) is 12.1 Å². The zero-order valence-corrected chi connectivity index (χ0v) is 20.2. The highest BCUT2D eigenvalue weighted by molar-refractivity contribution is 6.06. The van der Waals surface area contributed by atoms with Crippen LogP contribution in [-0.2, 0) is 0 Å². The van der Waals surface area contributed by atoms with Crippen LogP contribution in [0.2, 0.25) is 0 Å². The summed E-state index contributed by atoms with van der Waals surface area (Å²) in [5.41, 5.74) is 5.54. The molecule has 3 aromatic carbocycles. The van der Waals surface area contributed by atoms with Crippen molar-refractivity contribution >= 4 is 17.3 Å². The number of hydrogen-bond donors (Lipinski definition) is 1. The molecule has 0 saturated carbocycles. The molecule has 0 aliphatic carbocycles. The van der Waals surface area contributed by atoms with Crippen LogP contribution in [0.1, 0.15) is 38.4 Å². The third kappa shape index (κ3) is 4.91. The van der Waals surface area contributed by atoms with Gasteiger partial charge in [-0.05, 0) is 69.5 Å². The van der Waals surface area contributed by atoms with Gasteiger partial charge in [0.25, 0.3) is 11.6 Å². The molecule has 8 heteroatoms. The zero-order valence-electron chi connectivity index (χ0n) is 20.2. The first-order valence-corrected chi connectivity index (χ1v) is 11.1. The monoisotopic (exact) mass is 470 g/mol. The number of aryl methyl sites for hydroxylation is 3. The lowest BCUT2D eigenvalue weighted by atomic mass is 10.1. The molecule has 35 heavy (non-hydrogen) atoms. The van der Waals surface area contributed by atoms with Gasteiger partial charge in [-0.2, -0.15) is 5.10 Å². The molecule has 4 aromatic rings. The summed E-state index contributed by atoms with van der Waals surface area (Å²) in [7, 11) is 0. The lowest BCUT2D eigenvalue weighted by Gasteiger charge is -2.13. The smallest absolute Gasteiger partial charge is 0.275 e. The van der Waals surface area contributed by atoms with Gasteiger partial charge in [0.1, 0.15) is 11.5 Å². The van der Waals surface area contributed by atoms with Crippen molar-refractivity contribution in [1.29, 1.82) is 0 Å². The number of anilines is 1. The van der Waals surface area contributed by atoms with Crippen LogP contribution in [0.25, 0.3) is 5.69 Å². The molecule has 4 rings (SSSR count). The number of carbonyl (C=O) groups excluding carboxylic acids is 1. The quantitative estimate of drug-likeness (QED) is 0.261. The van der Waals surface area contributed by atoms with Gasteiger partial charge in [-0.15, -0.1) is 0 Å². The molecule has 1 N–H and O–H groups in total. The lowest BCUT2D eigenvalue weighted by molar-refractivity contribution is -0.384. The van der Waals surface area contributed by atoms with Gasteiger partial charge in [0, 0.05) is 12.1 Å². The first-order chi connectivity index (χ1) is 16.6. The van der Waals surface area contributed by atoms with Gasteiger partial charge in [-0.3, -0.25) is 14.9 Å². The Morgan fingerprint density at radius 3 is 2.40 bits per heavy atom. The molecule has 178 valence electrons. The van der Waals surface area contributed by atoms with E-state index in [1.807, 2.05) is 70.2 Å². The zero-order chi connectivity index (χ0) is 25.3. The summed E-state index contributed by atoms with van der Waals surface area (Å²) in [6.45, 7) is 9.44. The lowest BCUT2D eigenvalue weighted by Crippen LogP contribution is -2.14. The summed E-state index contributed by atoms with van der Waals surface area (Å²) in [6.07, 6.45) is 0. The molecule has 0 radical (unpaired) electrons. The number of ether oxygens (including phenoxy) is 1. The summed E-state index contributed by atoms with van der Waals surface area (Å²) in [4.78, 5) is 24.3. The molecule has 0 aliphatic heterocycles. The predicted molar refractivity (Wildman–Crippen MR) is 135 cm³/mol. The predicted octanol–water partition coefficient (Wildman–Crippen LogP) is 6.37. The summed E-state index contributed by atoms with van der Waals surface area (Å²) in [5.74, 6) is 0.461. The number of nitrogens with one attached hydrogen (secondary N) is 1. The van der Waals surface area contributed by atoms with Gasteiger partial charge in [0.2, 0.25) is 0 Å². The van der Waals surface area contributed by atoms with E-state index in [2.05, 4.69) is 10.4 Å². The number of nitrogens with zero attached hydrogens (tertiary/aromatic N) is 3. The Labute approximate surface area is 203 Å². The van der Waals surface area contributed by atoms with E-state index >= 15 is 0 Å². The molecule has 0 saturated heterocycles. The van der Waals surface area contributed by atoms with Gasteiger partial charge in [-0.1, -0.05) is 24.3 Å². The molecule has 8 nitrogen and oxygen atoms in total. The van der Waals surface area contributed by atoms with Crippen molar-refractivity contribution in [3.05, 3.63) is 104 Å². The van der Waals surface area contributed by atoms with Crippen molar-refractivity contribution in [3.63, 3.8) is 0 Å². The third-order valence-electron chi connectivity index (χ3n) is 5.87. The second-order valence-corrected chi connectivity index (χ2v) is 8.53. The molecule has 0 unspecified atom stereocenters. The Hall–Kier alpha value is -4.46. The average Bonchev–Trinajstić information content (AvgIpc) is 3.11. The van der Waals surface area contributed by atoms with Gasteiger partial charge < -0.3 is 10.1 Å². The van der Waals surface area contributed by atoms with E-state index in [4.69, 9.17) is 4.74 Å². The second-order valence-electron chi connectivity index (χ2n) is 8.53. The highest BCUT2D eigenvalue weighted by atomic mass is 16.6. The SMILES string of the molecule is Cc1cc(C)c(C)c(Oc2cc(NC(=O)c3c(C)nn(-c4ccccc4)c3C)cc([N+](=O)[O-])c2)c1. The topological polar surface area (TPSA) is 99.3 Å². The number of hydrogen-bond acceptors (Lipinski definition) is 5. The Morgan fingerprint density at radius 2 is 1.71 bits per heavy atom. The number of carbonyl (C=O) groups is 1. The first-order valence-electron chi connectivity index (χ1n) is 11.1. The Morgan fingerprint density at radius 1 is 1.00 bits per heavy atom. The number of benzene rings is 3. The maximum absolute atomic E-state index is 13.2. The molecular weight excluding hydrogens is 444 g/mol. The largest absolute Gasteiger partial charge is 0.457 e. The molecule has 0 fully saturated rings. The van der Waals surface area contributed by atoms with Crippen LogP contribution in [0.5, 0.6) is 11.5 Å². The van der Waals surface area contributed by atoms with Crippen LogP contribution < -0.4 is 10.1 Å². The van der Waals surface area contributed by atoms with Crippen LogP contribution in [0, 0.1) is 44.7 Å². The molecule has 0 bridgehead atoms. The van der Waals surface area contributed by atoms with Crippen LogP contribution in [0.15, 0.2) is 60.7 Å². The number of para-hydroxylation sites is 1. The van der Waals surface area contributed by atoms with E-state index in [1.54, 1.807) is 17.7 Å². The fourth-order valence-electron chi connectivity index (χ4n) is 4.04. The van der Waals surface area contributed by atoms with E-state index in [0.29, 0.717) is 22.7 Å². The maximum atomic E-state index is 13.2. The Bertz CT molecular complexity index is 1440. The first kappa shape index (κ1) is 23.7. The number of non-ortho nitro benzene ring substituents is 1. The summed E-state index contributed by atoms with van der Waals surface area (Å²) >= 11 is 0. The highest BCUT2D eigenvalue weighted by Gasteiger charge is 2.21. The highest BCUT2D eigenvalue weighted by Crippen LogP contribution is 2.33. The Balaban J connectivity index is 1.67. The van der Waals surface area contributed by atoms with Crippen molar-refractivity contribution in [2.45, 2.75) is 34.6 Å². The number of rotatable bonds is 6. The van der Waals surface area contributed by atoms with Crippen LogP contribution in [-0.4, -0.2) is 20.6 Å². The summed E-state index contributed by atoms with van der Waals surface area (Å²) in [5, 5.41) is 18.9. The molecule has 1 amide bonds. The molecule has 0 atom stereocenters. The minimum atomic E-state index is -0.513. The van der Waals surface area contributed by atoms with Crippen LogP contribution in [0.3, 0.4) is 0 Å². The minimum Gasteiger partial charge on any atom is -0.457 e. The molecular formula is C27H26N4O4. The fraction of sp³-hybridized carbons (Fsp3) is 0.185. The van der Waals surface area contributed by atoms with Crippen molar-refractivity contribution in [2.75, 3.05) is 5.32 Å². The van der Waals surface area contributed by atoms with Gasteiger partial charge in [0.05, 0.1) is 39.3 Å². The number of nitro benzene ring substituents is 1. The van der Waals surface area contributed by atoms with Crippen molar-refractivity contribution < 1.29 is 14.5 Å². The van der Waals surface area contributed by atoms with Gasteiger partial charge in [0.15, 0.2) is 0 Å². The second kappa shape index (κ2) is 9.42. The maximum Gasteiger partial charge on any atom is 0.275 e. The van der Waals surface area contributed by atoms with E-state index in [9.17, 15) is 14.9 Å². The van der Waals surface area contributed by atoms with E-state index in [-0.39, 0.29) is 17.1 Å². The summed E-state index contributed by atoms with van der Waals surface area (Å²) in [6, 6.07) is 17.7. The van der Waals surface area contributed by atoms with Crippen LogP contribution >= 0.6 is 0 Å². The molecule has 0 spiro atoms. The van der Waals surface area contributed by atoms with E-state index in [0.717, 1.165) is 22.4 Å². The summed E-state index contributed by atoms with van der Waals surface area (Å²) < 4.78 is 7.73. The average molecular weight is 471 g/mol. The molecule has 1 aromatic heterocycles. The fourth-order valence-corrected chi connectivity index (χ4v) is 4.04. The normalized spacial score (nSPS) is 10.8. The Kier molecular flexibility index (Phi) is 6.38. The van der Waals surface area contributed by atoms with E-state index < -0.39 is 10.8 Å². The molecule has 1 heterocycles. The van der Waals surface area contributed by atoms with Crippen molar-refractivity contribution in [2.24, 2.45) is 0 Å². The van der Waals surface area contributed by atoms with Crippen molar-refractivity contribution in [1.82, 2.24) is 9.78 Å². The molecule has 0 aliphatic rings. The number of aromatic nitrogens is 2.